The van der Waals surface area contributed by atoms with E-state index in [-0.39, 0.29) is 23.7 Å². The van der Waals surface area contributed by atoms with E-state index in [1.54, 1.807) is 18.2 Å². The first-order chi connectivity index (χ1) is 11.4. The monoisotopic (exact) mass is 349 g/mol. The lowest BCUT2D eigenvalue weighted by molar-refractivity contribution is -0.123. The summed E-state index contributed by atoms with van der Waals surface area (Å²) in [5.74, 6) is 0.290. The average molecular weight is 349 g/mol. The van der Waals surface area contributed by atoms with E-state index >= 15 is 0 Å². The molecule has 1 aliphatic carbocycles. The molecule has 2 unspecified atom stereocenters. The van der Waals surface area contributed by atoms with Gasteiger partial charge in [0.1, 0.15) is 6.54 Å². The zero-order valence-corrected chi connectivity index (χ0v) is 14.8. The van der Waals surface area contributed by atoms with Gasteiger partial charge in [0, 0.05) is 12.3 Å². The van der Waals surface area contributed by atoms with E-state index in [4.69, 9.17) is 0 Å². The Kier molecular flexibility index (Phi) is 4.62. The smallest absolute Gasteiger partial charge is 0.240 e. The molecule has 1 amide bonds. The van der Waals surface area contributed by atoms with Crippen molar-refractivity contribution in [2.45, 2.75) is 50.4 Å². The SMILES string of the molecule is CC1CCCCC1NC(=O)Cn1c(S(C)(=O)=O)nc2ccccc21. The number of amides is 1. The number of imidazole rings is 1. The number of para-hydroxylation sites is 2. The minimum atomic E-state index is -3.51. The Balaban J connectivity index is 1.87. The fourth-order valence-electron chi connectivity index (χ4n) is 3.42. The molecule has 7 heteroatoms. The molecule has 1 aromatic carbocycles. The van der Waals surface area contributed by atoms with Crippen LogP contribution in [0.1, 0.15) is 32.6 Å². The standard InChI is InChI=1S/C17H23N3O3S/c1-12-7-3-4-8-13(12)18-16(21)11-20-15-10-6-5-9-14(15)19-17(20)24(2,22)23/h5-6,9-10,12-13H,3-4,7-8,11H2,1-2H3,(H,18,21). The van der Waals surface area contributed by atoms with Crippen LogP contribution in [0.15, 0.2) is 29.4 Å². The topological polar surface area (TPSA) is 81.1 Å². The first kappa shape index (κ1) is 17.0. The van der Waals surface area contributed by atoms with Gasteiger partial charge in [0.25, 0.3) is 0 Å². The molecule has 1 heterocycles. The van der Waals surface area contributed by atoms with Crippen molar-refractivity contribution in [1.29, 1.82) is 0 Å². The Bertz CT molecular complexity index is 857. The summed E-state index contributed by atoms with van der Waals surface area (Å²) in [6, 6.07) is 7.32. The fraction of sp³-hybridized carbons (Fsp3) is 0.529. The number of fused-ring (bicyclic) bond motifs is 1. The molecule has 1 aliphatic rings. The van der Waals surface area contributed by atoms with Gasteiger partial charge in [-0.3, -0.25) is 4.79 Å². The molecular weight excluding hydrogens is 326 g/mol. The Morgan fingerprint density at radius 3 is 2.71 bits per heavy atom. The molecule has 6 nitrogen and oxygen atoms in total. The van der Waals surface area contributed by atoms with Crippen molar-refractivity contribution in [3.05, 3.63) is 24.3 Å². The van der Waals surface area contributed by atoms with Gasteiger partial charge in [0.15, 0.2) is 0 Å². The number of carbonyl (C=O) groups excluding carboxylic acids is 1. The van der Waals surface area contributed by atoms with Gasteiger partial charge in [-0.25, -0.2) is 13.4 Å². The molecule has 3 rings (SSSR count). The third-order valence-corrected chi connectivity index (χ3v) is 5.69. The zero-order valence-electron chi connectivity index (χ0n) is 14.0. The highest BCUT2D eigenvalue weighted by molar-refractivity contribution is 7.90. The van der Waals surface area contributed by atoms with E-state index in [9.17, 15) is 13.2 Å². The molecule has 0 bridgehead atoms. The van der Waals surface area contributed by atoms with Crippen molar-refractivity contribution in [3.63, 3.8) is 0 Å². The molecule has 1 aromatic heterocycles. The van der Waals surface area contributed by atoms with E-state index in [1.807, 2.05) is 6.07 Å². The lowest BCUT2D eigenvalue weighted by atomic mass is 9.86. The third kappa shape index (κ3) is 3.45. The number of hydrogen-bond donors (Lipinski definition) is 1. The van der Waals surface area contributed by atoms with Crippen molar-refractivity contribution in [3.8, 4) is 0 Å². The van der Waals surface area contributed by atoms with E-state index < -0.39 is 9.84 Å². The van der Waals surface area contributed by atoms with E-state index in [2.05, 4.69) is 17.2 Å². The van der Waals surface area contributed by atoms with Crippen molar-refractivity contribution in [2.75, 3.05) is 6.26 Å². The van der Waals surface area contributed by atoms with Crippen LogP contribution in [0.25, 0.3) is 11.0 Å². The first-order valence-electron chi connectivity index (χ1n) is 8.31. The number of benzene rings is 1. The Morgan fingerprint density at radius 2 is 2.00 bits per heavy atom. The predicted molar refractivity (Wildman–Crippen MR) is 92.4 cm³/mol. The fourth-order valence-corrected chi connectivity index (χ4v) is 4.24. The Morgan fingerprint density at radius 1 is 1.29 bits per heavy atom. The van der Waals surface area contributed by atoms with E-state index in [0.717, 1.165) is 25.5 Å². The largest absolute Gasteiger partial charge is 0.352 e. The maximum Gasteiger partial charge on any atom is 0.240 e. The number of sulfone groups is 1. The summed E-state index contributed by atoms with van der Waals surface area (Å²) in [6.07, 6.45) is 5.55. The maximum atomic E-state index is 12.5. The van der Waals surface area contributed by atoms with Crippen molar-refractivity contribution >= 4 is 26.8 Å². The van der Waals surface area contributed by atoms with Crippen molar-refractivity contribution in [2.24, 2.45) is 5.92 Å². The molecule has 2 atom stereocenters. The lowest BCUT2D eigenvalue weighted by Crippen LogP contribution is -2.42. The number of nitrogens with one attached hydrogen (secondary N) is 1. The highest BCUT2D eigenvalue weighted by Gasteiger charge is 2.25. The summed E-state index contributed by atoms with van der Waals surface area (Å²) in [6.45, 7) is 2.12. The molecule has 24 heavy (non-hydrogen) atoms. The molecule has 0 radical (unpaired) electrons. The second-order valence-electron chi connectivity index (χ2n) is 6.68. The minimum absolute atomic E-state index is 0.0356. The van der Waals surface area contributed by atoms with Gasteiger partial charge in [-0.1, -0.05) is 31.9 Å². The number of rotatable bonds is 4. The predicted octanol–water partition coefficient (Wildman–Crippen LogP) is 2.13. The second-order valence-corrected chi connectivity index (χ2v) is 8.59. The summed E-state index contributed by atoms with van der Waals surface area (Å²) in [4.78, 5) is 16.7. The minimum Gasteiger partial charge on any atom is -0.352 e. The van der Waals surface area contributed by atoms with E-state index in [0.29, 0.717) is 17.0 Å². The van der Waals surface area contributed by atoms with Crippen LogP contribution < -0.4 is 5.32 Å². The molecule has 0 spiro atoms. The van der Waals surface area contributed by atoms with Crippen LogP contribution >= 0.6 is 0 Å². The third-order valence-electron chi connectivity index (χ3n) is 4.71. The number of aromatic nitrogens is 2. The lowest BCUT2D eigenvalue weighted by Gasteiger charge is -2.29. The Labute approximate surface area is 142 Å². The average Bonchev–Trinajstić information content (AvgIpc) is 2.89. The van der Waals surface area contributed by atoms with Gasteiger partial charge >= 0.3 is 0 Å². The highest BCUT2D eigenvalue weighted by Crippen LogP contribution is 2.24. The molecule has 1 saturated carbocycles. The van der Waals surface area contributed by atoms with Gasteiger partial charge in [0.2, 0.25) is 20.9 Å². The van der Waals surface area contributed by atoms with Crippen LogP contribution in [0.3, 0.4) is 0 Å². The van der Waals surface area contributed by atoms with Crippen LogP contribution in [0.2, 0.25) is 0 Å². The molecule has 2 aromatic rings. The molecule has 0 aliphatic heterocycles. The number of nitrogens with zero attached hydrogens (tertiary/aromatic N) is 2. The summed E-state index contributed by atoms with van der Waals surface area (Å²) in [5, 5.41) is 3.01. The molecule has 0 saturated heterocycles. The van der Waals surface area contributed by atoms with Crippen LogP contribution in [0, 0.1) is 5.92 Å². The molecular formula is C17H23N3O3S. The van der Waals surface area contributed by atoms with Gasteiger partial charge < -0.3 is 9.88 Å². The molecule has 1 fully saturated rings. The van der Waals surface area contributed by atoms with Crippen LogP contribution in [0.5, 0.6) is 0 Å². The van der Waals surface area contributed by atoms with Gasteiger partial charge in [-0.15, -0.1) is 0 Å². The second kappa shape index (κ2) is 6.55. The van der Waals surface area contributed by atoms with Gasteiger partial charge in [-0.2, -0.15) is 0 Å². The normalized spacial score (nSPS) is 21.8. The molecule has 130 valence electrons. The van der Waals surface area contributed by atoms with Crippen LogP contribution in [0.4, 0.5) is 0 Å². The molecule has 1 N–H and O–H groups in total. The Hall–Kier alpha value is -1.89. The van der Waals surface area contributed by atoms with Crippen LogP contribution in [-0.4, -0.2) is 36.2 Å². The summed E-state index contributed by atoms with van der Waals surface area (Å²) in [7, 11) is -3.51. The number of carbonyl (C=O) groups is 1. The highest BCUT2D eigenvalue weighted by atomic mass is 32.2. The van der Waals surface area contributed by atoms with E-state index in [1.165, 1.54) is 11.0 Å². The number of hydrogen-bond acceptors (Lipinski definition) is 4. The summed E-state index contributed by atoms with van der Waals surface area (Å²) >= 11 is 0. The summed E-state index contributed by atoms with van der Waals surface area (Å²) < 4.78 is 25.6. The first-order valence-corrected chi connectivity index (χ1v) is 10.2. The quantitative estimate of drug-likeness (QED) is 0.917. The zero-order chi connectivity index (χ0) is 17.3. The van der Waals surface area contributed by atoms with Crippen LogP contribution in [-0.2, 0) is 21.2 Å². The van der Waals surface area contributed by atoms with Gasteiger partial charge in [-0.05, 0) is 30.9 Å². The van der Waals surface area contributed by atoms with Gasteiger partial charge in [0.05, 0.1) is 11.0 Å². The van der Waals surface area contributed by atoms with Crippen molar-refractivity contribution < 1.29 is 13.2 Å². The summed E-state index contributed by atoms with van der Waals surface area (Å²) in [5.41, 5.74) is 1.24. The maximum absolute atomic E-state index is 12.5. The van der Waals surface area contributed by atoms with Crippen molar-refractivity contribution in [1.82, 2.24) is 14.9 Å².